The van der Waals surface area contributed by atoms with Crippen LogP contribution < -0.4 is 5.32 Å². The molecule has 0 aliphatic heterocycles. The molecule has 0 aromatic heterocycles. The zero-order valence-electron chi connectivity index (χ0n) is 9.35. The number of amides is 1. The van der Waals surface area contributed by atoms with E-state index in [0.717, 1.165) is 11.3 Å². The maximum absolute atomic E-state index is 11.3. The van der Waals surface area contributed by atoms with E-state index in [0.29, 0.717) is 6.42 Å². The highest BCUT2D eigenvalue weighted by molar-refractivity contribution is 7.98. The Hall–Kier alpha value is -1.00. The number of benzene rings is 1. The van der Waals surface area contributed by atoms with Crippen molar-refractivity contribution in [2.45, 2.75) is 12.5 Å². The number of rotatable bonds is 6. The molecule has 88 valence electrons. The van der Waals surface area contributed by atoms with Crippen molar-refractivity contribution in [2.24, 2.45) is 0 Å². The van der Waals surface area contributed by atoms with Crippen molar-refractivity contribution in [3.05, 3.63) is 35.9 Å². The van der Waals surface area contributed by atoms with Crippen LogP contribution in [-0.4, -0.2) is 29.6 Å². The third kappa shape index (κ3) is 4.68. The molecule has 0 saturated carbocycles. The molecule has 0 bridgehead atoms. The fraction of sp³-hybridized carbons (Fsp3) is 0.417. The van der Waals surface area contributed by atoms with Gasteiger partial charge in [0.2, 0.25) is 5.91 Å². The Morgan fingerprint density at radius 3 is 2.75 bits per heavy atom. The first-order valence-corrected chi connectivity index (χ1v) is 6.62. The summed E-state index contributed by atoms with van der Waals surface area (Å²) < 4.78 is 0. The standard InChI is InChI=1S/C12H17NO2S/c1-16-8-7-12(15)13-9-11(14)10-5-3-2-4-6-10/h2-6,11,14H,7-9H2,1H3,(H,13,15). The number of hydrogen-bond acceptors (Lipinski definition) is 3. The Balaban J connectivity index is 2.30. The van der Waals surface area contributed by atoms with E-state index in [4.69, 9.17) is 0 Å². The number of aliphatic hydroxyl groups is 1. The van der Waals surface area contributed by atoms with Crippen LogP contribution in [0.2, 0.25) is 0 Å². The Bertz CT molecular complexity index is 316. The lowest BCUT2D eigenvalue weighted by Crippen LogP contribution is -2.28. The van der Waals surface area contributed by atoms with E-state index >= 15 is 0 Å². The zero-order chi connectivity index (χ0) is 11.8. The van der Waals surface area contributed by atoms with E-state index in [1.807, 2.05) is 36.6 Å². The van der Waals surface area contributed by atoms with Gasteiger partial charge in [0.05, 0.1) is 6.10 Å². The lowest BCUT2D eigenvalue weighted by Gasteiger charge is -2.11. The van der Waals surface area contributed by atoms with Crippen molar-refractivity contribution in [2.75, 3.05) is 18.6 Å². The average molecular weight is 239 g/mol. The van der Waals surface area contributed by atoms with Gasteiger partial charge in [-0.1, -0.05) is 30.3 Å². The van der Waals surface area contributed by atoms with Gasteiger partial charge in [0.1, 0.15) is 0 Å². The second-order valence-corrected chi connectivity index (χ2v) is 4.46. The van der Waals surface area contributed by atoms with Gasteiger partial charge in [-0.2, -0.15) is 11.8 Å². The van der Waals surface area contributed by atoms with Gasteiger partial charge in [-0.3, -0.25) is 4.79 Å². The van der Waals surface area contributed by atoms with Crippen LogP contribution in [-0.2, 0) is 4.79 Å². The van der Waals surface area contributed by atoms with E-state index in [9.17, 15) is 9.90 Å². The molecule has 16 heavy (non-hydrogen) atoms. The number of carbonyl (C=O) groups is 1. The fourth-order valence-corrected chi connectivity index (χ4v) is 1.68. The van der Waals surface area contributed by atoms with Crippen molar-refractivity contribution in [1.82, 2.24) is 5.32 Å². The SMILES string of the molecule is CSCCC(=O)NCC(O)c1ccccc1. The van der Waals surface area contributed by atoms with Crippen molar-refractivity contribution in [3.8, 4) is 0 Å². The topological polar surface area (TPSA) is 49.3 Å². The van der Waals surface area contributed by atoms with Crippen LogP contribution in [0.15, 0.2) is 30.3 Å². The van der Waals surface area contributed by atoms with Crippen molar-refractivity contribution in [1.29, 1.82) is 0 Å². The molecule has 1 aromatic rings. The minimum Gasteiger partial charge on any atom is -0.387 e. The first-order chi connectivity index (χ1) is 7.74. The summed E-state index contributed by atoms with van der Waals surface area (Å²) in [6.45, 7) is 0.275. The number of hydrogen-bond donors (Lipinski definition) is 2. The smallest absolute Gasteiger partial charge is 0.220 e. The van der Waals surface area contributed by atoms with Crippen LogP contribution in [0.5, 0.6) is 0 Å². The fourth-order valence-electron chi connectivity index (χ4n) is 1.29. The molecule has 1 rings (SSSR count). The quantitative estimate of drug-likeness (QED) is 0.792. The molecule has 0 heterocycles. The van der Waals surface area contributed by atoms with Gasteiger partial charge in [0.25, 0.3) is 0 Å². The molecular weight excluding hydrogens is 222 g/mol. The maximum atomic E-state index is 11.3. The van der Waals surface area contributed by atoms with Gasteiger partial charge in [-0.05, 0) is 11.8 Å². The number of nitrogens with one attached hydrogen (secondary N) is 1. The van der Waals surface area contributed by atoms with Gasteiger partial charge < -0.3 is 10.4 Å². The molecule has 1 amide bonds. The number of carbonyl (C=O) groups excluding carboxylic acids is 1. The third-order valence-corrected chi connectivity index (χ3v) is 2.82. The third-order valence-electron chi connectivity index (χ3n) is 2.21. The zero-order valence-corrected chi connectivity index (χ0v) is 10.2. The van der Waals surface area contributed by atoms with Crippen LogP contribution in [0.1, 0.15) is 18.1 Å². The summed E-state index contributed by atoms with van der Waals surface area (Å²) in [4.78, 5) is 11.3. The summed E-state index contributed by atoms with van der Waals surface area (Å²) in [5.74, 6) is 0.803. The van der Waals surface area contributed by atoms with Gasteiger partial charge in [0.15, 0.2) is 0 Å². The molecule has 0 spiro atoms. The highest BCUT2D eigenvalue weighted by atomic mass is 32.2. The van der Waals surface area contributed by atoms with E-state index in [1.165, 1.54) is 0 Å². The van der Waals surface area contributed by atoms with Gasteiger partial charge in [-0.15, -0.1) is 0 Å². The first kappa shape index (κ1) is 13.1. The Labute approximate surface area is 100 Å². The Kier molecular flexibility index (Phi) is 5.96. The molecule has 4 heteroatoms. The minimum absolute atomic E-state index is 0.00988. The molecule has 1 aromatic carbocycles. The molecule has 2 N–H and O–H groups in total. The van der Waals surface area contributed by atoms with E-state index in [-0.39, 0.29) is 12.5 Å². The monoisotopic (exact) mass is 239 g/mol. The van der Waals surface area contributed by atoms with Crippen molar-refractivity contribution in [3.63, 3.8) is 0 Å². The van der Waals surface area contributed by atoms with Crippen LogP contribution >= 0.6 is 11.8 Å². The highest BCUT2D eigenvalue weighted by Crippen LogP contribution is 2.10. The summed E-state index contributed by atoms with van der Waals surface area (Å²) in [6.07, 6.45) is 1.84. The van der Waals surface area contributed by atoms with E-state index in [1.54, 1.807) is 11.8 Å². The normalized spacial score (nSPS) is 12.1. The van der Waals surface area contributed by atoms with Gasteiger partial charge in [0, 0.05) is 18.7 Å². The van der Waals surface area contributed by atoms with Crippen LogP contribution in [0, 0.1) is 0 Å². The van der Waals surface area contributed by atoms with E-state index in [2.05, 4.69) is 5.32 Å². The maximum Gasteiger partial charge on any atom is 0.220 e. The number of aliphatic hydroxyl groups excluding tert-OH is 1. The number of thioether (sulfide) groups is 1. The largest absolute Gasteiger partial charge is 0.387 e. The summed E-state index contributed by atoms with van der Waals surface area (Å²) in [7, 11) is 0. The molecule has 0 aliphatic rings. The van der Waals surface area contributed by atoms with Crippen LogP contribution in [0.3, 0.4) is 0 Å². The molecule has 1 atom stereocenters. The second kappa shape index (κ2) is 7.30. The van der Waals surface area contributed by atoms with Crippen molar-refractivity contribution >= 4 is 17.7 Å². The van der Waals surface area contributed by atoms with Crippen LogP contribution in [0.25, 0.3) is 0 Å². The molecule has 3 nitrogen and oxygen atoms in total. The molecule has 1 unspecified atom stereocenters. The Morgan fingerprint density at radius 2 is 2.12 bits per heavy atom. The summed E-state index contributed by atoms with van der Waals surface area (Å²) in [5, 5.41) is 12.5. The van der Waals surface area contributed by atoms with Crippen LogP contribution in [0.4, 0.5) is 0 Å². The molecule has 0 radical (unpaired) electrons. The predicted octanol–water partition coefficient (Wildman–Crippen LogP) is 1.59. The molecule has 0 aliphatic carbocycles. The molecular formula is C12H17NO2S. The van der Waals surface area contributed by atoms with Gasteiger partial charge in [-0.25, -0.2) is 0 Å². The summed E-state index contributed by atoms with van der Waals surface area (Å²) >= 11 is 1.64. The summed E-state index contributed by atoms with van der Waals surface area (Å²) in [6, 6.07) is 9.33. The summed E-state index contributed by atoms with van der Waals surface area (Å²) in [5.41, 5.74) is 0.827. The highest BCUT2D eigenvalue weighted by Gasteiger charge is 2.08. The van der Waals surface area contributed by atoms with Crippen molar-refractivity contribution < 1.29 is 9.90 Å². The average Bonchev–Trinajstić information content (AvgIpc) is 2.34. The predicted molar refractivity (Wildman–Crippen MR) is 67.4 cm³/mol. The molecule has 0 saturated heterocycles. The minimum atomic E-state index is -0.626. The second-order valence-electron chi connectivity index (χ2n) is 3.47. The lowest BCUT2D eigenvalue weighted by atomic mass is 10.1. The molecule has 0 fully saturated rings. The first-order valence-electron chi connectivity index (χ1n) is 5.22. The Morgan fingerprint density at radius 1 is 1.44 bits per heavy atom. The van der Waals surface area contributed by atoms with E-state index < -0.39 is 6.10 Å². The lowest BCUT2D eigenvalue weighted by molar-refractivity contribution is -0.121. The van der Waals surface area contributed by atoms with Gasteiger partial charge >= 0.3 is 0 Å².